The number of aliphatic hydroxyl groups excluding tert-OH is 1. The number of aliphatic hydroxyl groups is 1. The number of rotatable bonds is 2. The molecule has 0 aliphatic heterocycles. The molecule has 0 aromatic heterocycles. The van der Waals surface area contributed by atoms with E-state index < -0.39 is 0 Å². The van der Waals surface area contributed by atoms with Crippen molar-refractivity contribution in [3.8, 4) is 0 Å². The number of nitrogens with two attached hydrogens (primary N) is 1. The van der Waals surface area contributed by atoms with Gasteiger partial charge in [-0.1, -0.05) is 18.2 Å². The summed E-state index contributed by atoms with van der Waals surface area (Å²) in [6.07, 6.45) is 0. The van der Waals surface area contributed by atoms with Gasteiger partial charge in [0.05, 0.1) is 6.61 Å². The van der Waals surface area contributed by atoms with Gasteiger partial charge in [-0.25, -0.2) is 0 Å². The Bertz CT molecular complexity index is 223. The van der Waals surface area contributed by atoms with Gasteiger partial charge in [0.25, 0.3) is 0 Å². The Labute approximate surface area is 66.7 Å². The number of benzene rings is 1. The van der Waals surface area contributed by atoms with Gasteiger partial charge in [0.2, 0.25) is 0 Å². The van der Waals surface area contributed by atoms with E-state index in [1.807, 2.05) is 25.1 Å². The molecule has 2 heteroatoms. The van der Waals surface area contributed by atoms with E-state index in [4.69, 9.17) is 10.8 Å². The van der Waals surface area contributed by atoms with Gasteiger partial charge in [0.15, 0.2) is 0 Å². The van der Waals surface area contributed by atoms with E-state index in [9.17, 15) is 0 Å². The average Bonchev–Trinajstić information content (AvgIpc) is 2.05. The van der Waals surface area contributed by atoms with E-state index in [-0.39, 0.29) is 6.61 Å². The normalized spacial score (nSPS) is 10.1. The van der Waals surface area contributed by atoms with Crippen molar-refractivity contribution in [1.82, 2.24) is 0 Å². The second kappa shape index (κ2) is 3.51. The highest BCUT2D eigenvalue weighted by Crippen LogP contribution is 2.12. The summed E-state index contributed by atoms with van der Waals surface area (Å²) in [5.41, 5.74) is 8.68. The van der Waals surface area contributed by atoms with Crippen molar-refractivity contribution in [3.05, 3.63) is 34.9 Å². The topological polar surface area (TPSA) is 46.2 Å². The van der Waals surface area contributed by atoms with E-state index >= 15 is 0 Å². The first-order chi connectivity index (χ1) is 5.29. The third kappa shape index (κ3) is 1.59. The fraction of sp³-hybridized carbons (Fsp3) is 0.333. The van der Waals surface area contributed by atoms with Gasteiger partial charge in [-0.05, 0) is 23.6 Å². The summed E-state index contributed by atoms with van der Waals surface area (Å²) in [7, 11) is 0. The van der Waals surface area contributed by atoms with Gasteiger partial charge >= 0.3 is 0 Å². The van der Waals surface area contributed by atoms with E-state index in [1.165, 1.54) is 0 Å². The highest BCUT2D eigenvalue weighted by atomic mass is 16.3. The zero-order chi connectivity index (χ0) is 8.27. The van der Waals surface area contributed by atoms with Crippen LogP contribution in [-0.4, -0.2) is 5.11 Å². The van der Waals surface area contributed by atoms with Crippen LogP contribution >= 0.6 is 0 Å². The molecular formula is C9H13NO. The Morgan fingerprint density at radius 2 is 2.00 bits per heavy atom. The summed E-state index contributed by atoms with van der Waals surface area (Å²) >= 11 is 0. The van der Waals surface area contributed by atoms with E-state index in [1.54, 1.807) is 0 Å². The molecule has 0 heterocycles. The van der Waals surface area contributed by atoms with Crippen LogP contribution in [0.3, 0.4) is 0 Å². The predicted molar refractivity (Wildman–Crippen MR) is 45.0 cm³/mol. The molecule has 0 amide bonds. The molecule has 0 atom stereocenters. The molecule has 0 spiro atoms. The molecule has 11 heavy (non-hydrogen) atoms. The molecule has 1 rings (SSSR count). The van der Waals surface area contributed by atoms with Gasteiger partial charge in [0.1, 0.15) is 0 Å². The van der Waals surface area contributed by atoms with Crippen molar-refractivity contribution in [1.29, 1.82) is 0 Å². The largest absolute Gasteiger partial charge is 0.392 e. The lowest BCUT2D eigenvalue weighted by Crippen LogP contribution is -2.01. The first-order valence-electron chi connectivity index (χ1n) is 3.68. The first-order valence-corrected chi connectivity index (χ1v) is 3.68. The lowest BCUT2D eigenvalue weighted by molar-refractivity contribution is 0.281. The van der Waals surface area contributed by atoms with Crippen LogP contribution in [0.15, 0.2) is 18.2 Å². The van der Waals surface area contributed by atoms with Crippen LogP contribution in [0.1, 0.15) is 16.7 Å². The van der Waals surface area contributed by atoms with Crippen molar-refractivity contribution in [3.63, 3.8) is 0 Å². The minimum absolute atomic E-state index is 0.0969. The Morgan fingerprint density at radius 1 is 1.36 bits per heavy atom. The Hall–Kier alpha value is -0.860. The van der Waals surface area contributed by atoms with Crippen LogP contribution in [0, 0.1) is 6.92 Å². The first kappa shape index (κ1) is 8.24. The monoisotopic (exact) mass is 151 g/mol. The zero-order valence-corrected chi connectivity index (χ0v) is 6.67. The maximum absolute atomic E-state index is 8.90. The Kier molecular flexibility index (Phi) is 2.63. The van der Waals surface area contributed by atoms with Crippen LogP contribution in [0.5, 0.6) is 0 Å². The van der Waals surface area contributed by atoms with E-state index in [2.05, 4.69) is 0 Å². The van der Waals surface area contributed by atoms with Crippen molar-refractivity contribution >= 4 is 0 Å². The van der Waals surface area contributed by atoms with Crippen LogP contribution in [-0.2, 0) is 13.2 Å². The van der Waals surface area contributed by atoms with E-state index in [0.29, 0.717) is 6.54 Å². The maximum Gasteiger partial charge on any atom is 0.0684 e. The molecule has 0 aliphatic rings. The SMILES string of the molecule is Cc1c(CN)cccc1CO. The molecule has 0 saturated heterocycles. The molecule has 0 bridgehead atoms. The lowest BCUT2D eigenvalue weighted by Gasteiger charge is -2.06. The van der Waals surface area contributed by atoms with Gasteiger partial charge in [-0.2, -0.15) is 0 Å². The predicted octanol–water partition coefficient (Wildman–Crippen LogP) is 0.946. The molecule has 1 aromatic rings. The highest BCUT2D eigenvalue weighted by molar-refractivity contribution is 5.33. The number of hydrogen-bond donors (Lipinski definition) is 2. The summed E-state index contributed by atoms with van der Waals surface area (Å²) in [6, 6.07) is 5.81. The Balaban J connectivity index is 3.10. The Morgan fingerprint density at radius 3 is 2.55 bits per heavy atom. The lowest BCUT2D eigenvalue weighted by atomic mass is 10.0. The molecule has 2 nitrogen and oxygen atoms in total. The molecule has 1 aromatic carbocycles. The molecule has 60 valence electrons. The molecule has 3 N–H and O–H groups in total. The molecule has 0 unspecified atom stereocenters. The van der Waals surface area contributed by atoms with Gasteiger partial charge in [-0.3, -0.25) is 0 Å². The van der Waals surface area contributed by atoms with Crippen LogP contribution in [0.25, 0.3) is 0 Å². The van der Waals surface area contributed by atoms with Crippen molar-refractivity contribution in [2.45, 2.75) is 20.1 Å². The molecule has 0 aliphatic carbocycles. The van der Waals surface area contributed by atoms with Crippen molar-refractivity contribution < 1.29 is 5.11 Å². The maximum atomic E-state index is 8.90. The van der Waals surface area contributed by atoms with Gasteiger partial charge in [0, 0.05) is 6.54 Å². The number of hydrogen-bond acceptors (Lipinski definition) is 2. The third-order valence-corrected chi connectivity index (χ3v) is 1.95. The molecule has 0 radical (unpaired) electrons. The van der Waals surface area contributed by atoms with Crippen LogP contribution in [0.2, 0.25) is 0 Å². The second-order valence-electron chi connectivity index (χ2n) is 2.56. The molecular weight excluding hydrogens is 138 g/mol. The summed E-state index contributed by atoms with van der Waals surface area (Å²) < 4.78 is 0. The molecule has 0 fully saturated rings. The summed E-state index contributed by atoms with van der Waals surface area (Å²) in [5.74, 6) is 0. The van der Waals surface area contributed by atoms with Crippen molar-refractivity contribution in [2.75, 3.05) is 0 Å². The second-order valence-corrected chi connectivity index (χ2v) is 2.56. The van der Waals surface area contributed by atoms with E-state index in [0.717, 1.165) is 16.7 Å². The van der Waals surface area contributed by atoms with Crippen molar-refractivity contribution in [2.24, 2.45) is 5.73 Å². The smallest absolute Gasteiger partial charge is 0.0684 e. The fourth-order valence-corrected chi connectivity index (χ4v) is 1.13. The van der Waals surface area contributed by atoms with Crippen LogP contribution in [0.4, 0.5) is 0 Å². The summed E-state index contributed by atoms with van der Waals surface area (Å²) in [6.45, 7) is 2.62. The quantitative estimate of drug-likeness (QED) is 0.661. The molecule has 0 saturated carbocycles. The van der Waals surface area contributed by atoms with Crippen LogP contribution < -0.4 is 5.73 Å². The summed E-state index contributed by atoms with van der Waals surface area (Å²) in [4.78, 5) is 0. The zero-order valence-electron chi connectivity index (χ0n) is 6.67. The minimum atomic E-state index is 0.0969. The van der Waals surface area contributed by atoms with Gasteiger partial charge in [-0.15, -0.1) is 0 Å². The minimum Gasteiger partial charge on any atom is -0.392 e. The third-order valence-electron chi connectivity index (χ3n) is 1.95. The fourth-order valence-electron chi connectivity index (χ4n) is 1.13. The van der Waals surface area contributed by atoms with Gasteiger partial charge < -0.3 is 10.8 Å². The average molecular weight is 151 g/mol. The summed E-state index contributed by atoms with van der Waals surface area (Å²) in [5, 5.41) is 8.90. The standard InChI is InChI=1S/C9H13NO/c1-7-8(5-10)3-2-4-9(7)6-11/h2-4,11H,5-6,10H2,1H3. The highest BCUT2D eigenvalue weighted by Gasteiger charge is 1.99.